The van der Waals surface area contributed by atoms with Crippen LogP contribution in [0.3, 0.4) is 0 Å². The van der Waals surface area contributed by atoms with Crippen LogP contribution in [-0.2, 0) is 16.0 Å². The van der Waals surface area contributed by atoms with E-state index in [4.69, 9.17) is 9.47 Å². The van der Waals surface area contributed by atoms with Crippen LogP contribution in [0, 0.1) is 0 Å². The summed E-state index contributed by atoms with van der Waals surface area (Å²) in [5.74, 6) is 0.465. The Morgan fingerprint density at radius 1 is 1.05 bits per heavy atom. The monoisotopic (exact) mass is 284 g/mol. The summed E-state index contributed by atoms with van der Waals surface area (Å²) in [5.41, 5.74) is 0.897. The maximum atomic E-state index is 11.0. The fourth-order valence-corrected chi connectivity index (χ4v) is 1.88. The van der Waals surface area contributed by atoms with Crippen LogP contribution in [0.25, 0.3) is 0 Å². The van der Waals surface area contributed by atoms with Crippen LogP contribution in [0.1, 0.15) is 18.9 Å². The highest BCUT2D eigenvalue weighted by atomic mass is 16.5. The molecule has 1 aliphatic rings. The van der Waals surface area contributed by atoms with Crippen molar-refractivity contribution in [1.82, 2.24) is 0 Å². The maximum Gasteiger partial charge on any atom is 0.311 e. The molecule has 0 saturated heterocycles. The van der Waals surface area contributed by atoms with Gasteiger partial charge in [-0.05, 0) is 30.2 Å². The van der Waals surface area contributed by atoms with Crippen molar-refractivity contribution in [3.05, 3.63) is 60.2 Å². The van der Waals surface area contributed by atoms with Crippen LogP contribution >= 0.6 is 0 Å². The third-order valence-corrected chi connectivity index (χ3v) is 2.78. The Morgan fingerprint density at radius 3 is 2.24 bits per heavy atom. The summed E-state index contributed by atoms with van der Waals surface area (Å²) in [6.07, 6.45) is 1.000. The van der Waals surface area contributed by atoms with E-state index in [1.807, 2.05) is 36.4 Å². The van der Waals surface area contributed by atoms with Gasteiger partial charge in [0.05, 0.1) is 6.42 Å². The molecule has 1 heterocycles. The normalized spacial score (nSPS) is 12.3. The number of rotatable bonds is 1. The standard InChI is InChI=1S/C11H10O4.C6H6/c1-7(12)14-9-3-4-10-8(6-9)2-5-11(13)15-10;1-2-4-6-5-3-1/h3-4,6H,2,5H2,1H3;1-6H. The molecule has 0 saturated carbocycles. The second-order valence-corrected chi connectivity index (χ2v) is 4.49. The Labute approximate surface area is 123 Å². The molecule has 0 amide bonds. The molecular formula is C17H16O4. The Kier molecular flexibility index (Phi) is 5.10. The molecule has 4 nitrogen and oxygen atoms in total. The lowest BCUT2D eigenvalue weighted by atomic mass is 10.1. The van der Waals surface area contributed by atoms with Gasteiger partial charge in [-0.1, -0.05) is 36.4 Å². The van der Waals surface area contributed by atoms with E-state index in [1.165, 1.54) is 6.92 Å². The van der Waals surface area contributed by atoms with E-state index in [1.54, 1.807) is 18.2 Å². The molecule has 0 bridgehead atoms. The minimum absolute atomic E-state index is 0.220. The SMILES string of the molecule is CC(=O)Oc1ccc2c(c1)CCC(=O)O2.c1ccccc1. The topological polar surface area (TPSA) is 52.6 Å². The first-order valence-corrected chi connectivity index (χ1v) is 6.67. The fourth-order valence-electron chi connectivity index (χ4n) is 1.88. The lowest BCUT2D eigenvalue weighted by Crippen LogP contribution is -2.15. The molecule has 108 valence electrons. The van der Waals surface area contributed by atoms with Gasteiger partial charge in [-0.25, -0.2) is 0 Å². The van der Waals surface area contributed by atoms with Gasteiger partial charge in [0, 0.05) is 6.92 Å². The van der Waals surface area contributed by atoms with E-state index in [9.17, 15) is 9.59 Å². The van der Waals surface area contributed by atoms with Gasteiger partial charge in [-0.2, -0.15) is 0 Å². The molecule has 0 aromatic heterocycles. The van der Waals surface area contributed by atoms with Gasteiger partial charge in [0.1, 0.15) is 11.5 Å². The van der Waals surface area contributed by atoms with E-state index in [0.717, 1.165) is 5.56 Å². The molecule has 0 radical (unpaired) electrons. The number of esters is 2. The molecule has 1 aliphatic heterocycles. The van der Waals surface area contributed by atoms with Crippen molar-refractivity contribution >= 4 is 11.9 Å². The molecule has 0 spiro atoms. The molecule has 4 heteroatoms. The highest BCUT2D eigenvalue weighted by Crippen LogP contribution is 2.28. The summed E-state index contributed by atoms with van der Waals surface area (Å²) in [5, 5.41) is 0. The number of hydrogen-bond donors (Lipinski definition) is 0. The van der Waals surface area contributed by atoms with Gasteiger partial charge in [-0.15, -0.1) is 0 Å². The van der Waals surface area contributed by atoms with Gasteiger partial charge in [0.25, 0.3) is 0 Å². The number of ether oxygens (including phenoxy) is 2. The van der Waals surface area contributed by atoms with Gasteiger partial charge in [0.15, 0.2) is 0 Å². The zero-order chi connectivity index (χ0) is 15.1. The van der Waals surface area contributed by atoms with Crippen molar-refractivity contribution in [2.45, 2.75) is 19.8 Å². The lowest BCUT2D eigenvalue weighted by Gasteiger charge is -2.15. The molecule has 0 N–H and O–H groups in total. The number of carbonyl (C=O) groups excluding carboxylic acids is 2. The van der Waals surface area contributed by atoms with Crippen LogP contribution in [0.4, 0.5) is 0 Å². The summed E-state index contributed by atoms with van der Waals surface area (Å²) in [4.78, 5) is 21.7. The van der Waals surface area contributed by atoms with Gasteiger partial charge < -0.3 is 9.47 Å². The van der Waals surface area contributed by atoms with Crippen molar-refractivity contribution in [3.63, 3.8) is 0 Å². The summed E-state index contributed by atoms with van der Waals surface area (Å²) in [6, 6.07) is 17.0. The smallest absolute Gasteiger partial charge is 0.311 e. The van der Waals surface area contributed by atoms with Crippen molar-refractivity contribution < 1.29 is 19.1 Å². The first kappa shape index (κ1) is 14.8. The molecule has 0 atom stereocenters. The number of hydrogen-bond acceptors (Lipinski definition) is 4. The highest BCUT2D eigenvalue weighted by molar-refractivity contribution is 5.76. The van der Waals surface area contributed by atoms with Crippen LogP contribution < -0.4 is 9.47 Å². The maximum absolute atomic E-state index is 11.0. The zero-order valence-electron chi connectivity index (χ0n) is 11.7. The van der Waals surface area contributed by atoms with E-state index in [2.05, 4.69) is 0 Å². The van der Waals surface area contributed by atoms with E-state index >= 15 is 0 Å². The Hall–Kier alpha value is -2.62. The Morgan fingerprint density at radius 2 is 1.67 bits per heavy atom. The Balaban J connectivity index is 0.000000225. The average molecular weight is 284 g/mol. The predicted octanol–water partition coefficient (Wildman–Crippen LogP) is 3.15. The number of fused-ring (bicyclic) bond motifs is 1. The molecule has 0 fully saturated rings. The predicted molar refractivity (Wildman–Crippen MR) is 78.1 cm³/mol. The van der Waals surface area contributed by atoms with Crippen molar-refractivity contribution in [2.75, 3.05) is 0 Å². The zero-order valence-corrected chi connectivity index (χ0v) is 11.7. The van der Waals surface area contributed by atoms with E-state index in [0.29, 0.717) is 24.3 Å². The molecule has 2 aromatic carbocycles. The number of carbonyl (C=O) groups is 2. The van der Waals surface area contributed by atoms with Crippen LogP contribution in [0.2, 0.25) is 0 Å². The van der Waals surface area contributed by atoms with Crippen LogP contribution in [0.15, 0.2) is 54.6 Å². The molecule has 0 aliphatic carbocycles. The quantitative estimate of drug-likeness (QED) is 0.596. The molecular weight excluding hydrogens is 268 g/mol. The van der Waals surface area contributed by atoms with Gasteiger partial charge in [-0.3, -0.25) is 9.59 Å². The minimum atomic E-state index is -0.359. The molecule has 2 aromatic rings. The van der Waals surface area contributed by atoms with Gasteiger partial charge in [0.2, 0.25) is 0 Å². The molecule has 0 unspecified atom stereocenters. The summed E-state index contributed by atoms with van der Waals surface area (Å²) in [7, 11) is 0. The second kappa shape index (κ2) is 7.24. The van der Waals surface area contributed by atoms with E-state index < -0.39 is 0 Å². The number of aryl methyl sites for hydroxylation is 1. The second-order valence-electron chi connectivity index (χ2n) is 4.49. The van der Waals surface area contributed by atoms with Crippen molar-refractivity contribution in [3.8, 4) is 11.5 Å². The van der Waals surface area contributed by atoms with Crippen LogP contribution in [0.5, 0.6) is 11.5 Å². The third kappa shape index (κ3) is 4.76. The number of benzene rings is 2. The van der Waals surface area contributed by atoms with Crippen molar-refractivity contribution in [1.29, 1.82) is 0 Å². The first-order chi connectivity index (χ1) is 10.1. The lowest BCUT2D eigenvalue weighted by molar-refractivity contribution is -0.135. The van der Waals surface area contributed by atoms with Crippen LogP contribution in [-0.4, -0.2) is 11.9 Å². The summed E-state index contributed by atoms with van der Waals surface area (Å²) >= 11 is 0. The molecule has 3 rings (SSSR count). The highest BCUT2D eigenvalue weighted by Gasteiger charge is 2.17. The average Bonchev–Trinajstić information content (AvgIpc) is 2.49. The largest absolute Gasteiger partial charge is 0.427 e. The summed E-state index contributed by atoms with van der Waals surface area (Å²) < 4.78 is 9.94. The van der Waals surface area contributed by atoms with Gasteiger partial charge >= 0.3 is 11.9 Å². The summed E-state index contributed by atoms with van der Waals surface area (Å²) in [6.45, 7) is 1.35. The first-order valence-electron chi connectivity index (χ1n) is 6.67. The van der Waals surface area contributed by atoms with Crippen molar-refractivity contribution in [2.24, 2.45) is 0 Å². The third-order valence-electron chi connectivity index (χ3n) is 2.78. The molecule has 21 heavy (non-hydrogen) atoms. The Bertz CT molecular complexity index is 593. The minimum Gasteiger partial charge on any atom is -0.427 e. The fraction of sp³-hybridized carbons (Fsp3) is 0.176. The van der Waals surface area contributed by atoms with E-state index in [-0.39, 0.29) is 11.9 Å².